The van der Waals surface area contributed by atoms with E-state index in [0.717, 1.165) is 0 Å². The number of methoxy groups -OCH3 is 1. The largest absolute Gasteiger partial charge is 0.511 e. The summed E-state index contributed by atoms with van der Waals surface area (Å²) in [6.07, 6.45) is -0.889. The van der Waals surface area contributed by atoms with E-state index in [1.165, 1.54) is 25.3 Å². The highest BCUT2D eigenvalue weighted by Gasteiger charge is 2.11. The van der Waals surface area contributed by atoms with E-state index < -0.39 is 6.16 Å². The number of aldehydes is 1. The first kappa shape index (κ1) is 10.0. The maximum Gasteiger partial charge on any atom is 0.511 e. The van der Waals surface area contributed by atoms with Crippen molar-refractivity contribution >= 4 is 12.4 Å². The summed E-state index contributed by atoms with van der Waals surface area (Å²) in [6.45, 7) is 0. The predicted octanol–water partition coefficient (Wildman–Crippen LogP) is 1.56. The minimum absolute atomic E-state index is 0.00426. The van der Waals surface area contributed by atoms with Crippen molar-refractivity contribution in [2.45, 2.75) is 0 Å². The summed E-state index contributed by atoms with van der Waals surface area (Å²) in [6, 6.07) is 4.41. The summed E-state index contributed by atoms with van der Waals surface area (Å²) >= 11 is 0. The second-order valence-electron chi connectivity index (χ2n) is 2.36. The first-order chi connectivity index (χ1) is 6.69. The van der Waals surface area contributed by atoms with Crippen LogP contribution in [0.5, 0.6) is 11.5 Å². The first-order valence-electron chi connectivity index (χ1n) is 3.72. The van der Waals surface area contributed by atoms with E-state index in [9.17, 15) is 9.59 Å². The molecule has 0 atom stereocenters. The van der Waals surface area contributed by atoms with E-state index in [0.29, 0.717) is 6.29 Å². The standard InChI is InChI=1S/C9H8O5/c1-13-8-6(5-10)3-2-4-7(8)14-9(11)12/h2-5H,1H3,(H,11,12). The number of hydrogen-bond donors (Lipinski definition) is 1. The second kappa shape index (κ2) is 4.27. The normalized spacial score (nSPS) is 9.21. The van der Waals surface area contributed by atoms with Crippen LogP contribution in [0.3, 0.4) is 0 Å². The van der Waals surface area contributed by atoms with Gasteiger partial charge in [0.1, 0.15) is 0 Å². The van der Waals surface area contributed by atoms with Crippen molar-refractivity contribution in [1.82, 2.24) is 0 Å². The fourth-order valence-electron chi connectivity index (χ4n) is 1.02. The van der Waals surface area contributed by atoms with Gasteiger partial charge in [-0.05, 0) is 12.1 Å². The van der Waals surface area contributed by atoms with Gasteiger partial charge in [0.2, 0.25) is 0 Å². The molecule has 0 fully saturated rings. The van der Waals surface area contributed by atoms with Crippen LogP contribution in [0, 0.1) is 0 Å². The molecule has 74 valence electrons. The minimum Gasteiger partial charge on any atom is -0.492 e. The SMILES string of the molecule is COc1c(C=O)cccc1OC(=O)O. The molecular formula is C9H8O5. The van der Waals surface area contributed by atoms with E-state index in [2.05, 4.69) is 4.74 Å². The third kappa shape index (κ3) is 2.01. The molecular weight excluding hydrogens is 188 g/mol. The fourth-order valence-corrected chi connectivity index (χ4v) is 1.02. The van der Waals surface area contributed by atoms with Gasteiger partial charge in [-0.2, -0.15) is 0 Å². The zero-order valence-corrected chi connectivity index (χ0v) is 7.39. The number of carbonyl (C=O) groups excluding carboxylic acids is 1. The Morgan fingerprint density at radius 1 is 1.50 bits per heavy atom. The summed E-state index contributed by atoms with van der Waals surface area (Å²) in [5.74, 6) is 0.120. The maximum atomic E-state index is 10.5. The summed E-state index contributed by atoms with van der Waals surface area (Å²) in [5, 5.41) is 8.38. The molecule has 0 unspecified atom stereocenters. The minimum atomic E-state index is -1.45. The third-order valence-electron chi connectivity index (χ3n) is 1.54. The van der Waals surface area contributed by atoms with Crippen molar-refractivity contribution in [2.24, 2.45) is 0 Å². The van der Waals surface area contributed by atoms with Gasteiger partial charge >= 0.3 is 6.16 Å². The fraction of sp³-hybridized carbons (Fsp3) is 0.111. The highest BCUT2D eigenvalue weighted by atomic mass is 16.7. The molecule has 1 rings (SSSR count). The molecule has 0 radical (unpaired) electrons. The highest BCUT2D eigenvalue weighted by Crippen LogP contribution is 2.29. The molecule has 1 N–H and O–H groups in total. The monoisotopic (exact) mass is 196 g/mol. The molecule has 0 amide bonds. The Balaban J connectivity index is 3.14. The van der Waals surface area contributed by atoms with Crippen LogP contribution in [-0.2, 0) is 0 Å². The lowest BCUT2D eigenvalue weighted by Crippen LogP contribution is -2.05. The van der Waals surface area contributed by atoms with Crippen LogP contribution in [0.4, 0.5) is 4.79 Å². The molecule has 14 heavy (non-hydrogen) atoms. The molecule has 0 aliphatic heterocycles. The van der Waals surface area contributed by atoms with Crippen molar-refractivity contribution < 1.29 is 24.2 Å². The lowest BCUT2D eigenvalue weighted by atomic mass is 10.2. The molecule has 0 aliphatic carbocycles. The van der Waals surface area contributed by atoms with Gasteiger partial charge in [-0.25, -0.2) is 4.79 Å². The summed E-state index contributed by atoms with van der Waals surface area (Å²) in [7, 11) is 1.33. The van der Waals surface area contributed by atoms with Gasteiger partial charge < -0.3 is 14.6 Å². The zero-order chi connectivity index (χ0) is 10.6. The van der Waals surface area contributed by atoms with Gasteiger partial charge in [0.15, 0.2) is 17.8 Å². The van der Waals surface area contributed by atoms with Crippen LogP contribution in [0.2, 0.25) is 0 Å². The number of carboxylic acid groups (broad SMARTS) is 1. The Kier molecular flexibility index (Phi) is 3.06. The van der Waals surface area contributed by atoms with E-state index >= 15 is 0 Å². The van der Waals surface area contributed by atoms with Crippen molar-refractivity contribution in [1.29, 1.82) is 0 Å². The van der Waals surface area contributed by atoms with Crippen LogP contribution in [-0.4, -0.2) is 24.7 Å². The number of ether oxygens (including phenoxy) is 2. The van der Waals surface area contributed by atoms with Crippen molar-refractivity contribution in [2.75, 3.05) is 7.11 Å². The molecule has 5 nitrogen and oxygen atoms in total. The summed E-state index contributed by atoms with van der Waals surface area (Å²) in [5.41, 5.74) is 0.242. The van der Waals surface area contributed by atoms with Crippen molar-refractivity contribution in [3.63, 3.8) is 0 Å². The first-order valence-corrected chi connectivity index (χ1v) is 3.72. The van der Waals surface area contributed by atoms with E-state index in [1.54, 1.807) is 0 Å². The van der Waals surface area contributed by atoms with Crippen molar-refractivity contribution in [3.8, 4) is 11.5 Å². The van der Waals surface area contributed by atoms with Gasteiger partial charge in [0.05, 0.1) is 12.7 Å². The van der Waals surface area contributed by atoms with Crippen LogP contribution >= 0.6 is 0 Å². The lowest BCUT2D eigenvalue weighted by molar-refractivity contribution is 0.111. The third-order valence-corrected chi connectivity index (χ3v) is 1.54. The average molecular weight is 196 g/mol. The second-order valence-corrected chi connectivity index (χ2v) is 2.36. The van der Waals surface area contributed by atoms with Gasteiger partial charge in [-0.15, -0.1) is 0 Å². The van der Waals surface area contributed by atoms with Gasteiger partial charge in [-0.1, -0.05) is 6.07 Å². The Bertz CT molecular complexity index is 358. The topological polar surface area (TPSA) is 72.8 Å². The molecule has 1 aromatic carbocycles. The number of rotatable bonds is 3. The van der Waals surface area contributed by atoms with E-state index in [-0.39, 0.29) is 17.1 Å². The van der Waals surface area contributed by atoms with Crippen LogP contribution < -0.4 is 9.47 Å². The van der Waals surface area contributed by atoms with Crippen molar-refractivity contribution in [3.05, 3.63) is 23.8 Å². The molecule has 5 heteroatoms. The average Bonchev–Trinajstić information content (AvgIpc) is 2.16. The molecule has 0 aliphatic rings. The Labute approximate surface area is 79.9 Å². The van der Waals surface area contributed by atoms with Gasteiger partial charge in [-0.3, -0.25) is 4.79 Å². The highest BCUT2D eigenvalue weighted by molar-refractivity contribution is 5.81. The number of para-hydroxylation sites is 1. The smallest absolute Gasteiger partial charge is 0.492 e. The van der Waals surface area contributed by atoms with Gasteiger partial charge in [0.25, 0.3) is 0 Å². The number of carbonyl (C=O) groups is 2. The zero-order valence-electron chi connectivity index (χ0n) is 7.39. The van der Waals surface area contributed by atoms with E-state index in [4.69, 9.17) is 9.84 Å². The Morgan fingerprint density at radius 3 is 2.71 bits per heavy atom. The molecule has 0 aromatic heterocycles. The molecule has 0 bridgehead atoms. The quantitative estimate of drug-likeness (QED) is 0.451. The number of benzene rings is 1. The number of hydrogen-bond acceptors (Lipinski definition) is 4. The van der Waals surface area contributed by atoms with Crippen LogP contribution in [0.25, 0.3) is 0 Å². The van der Waals surface area contributed by atoms with Crippen LogP contribution in [0.1, 0.15) is 10.4 Å². The molecule has 0 heterocycles. The lowest BCUT2D eigenvalue weighted by Gasteiger charge is -2.07. The molecule has 0 saturated carbocycles. The Hall–Kier alpha value is -2.04. The van der Waals surface area contributed by atoms with Gasteiger partial charge in [0, 0.05) is 0 Å². The Morgan fingerprint density at radius 2 is 2.21 bits per heavy atom. The molecule has 0 saturated heterocycles. The predicted molar refractivity (Wildman–Crippen MR) is 47.0 cm³/mol. The van der Waals surface area contributed by atoms with Crippen LogP contribution in [0.15, 0.2) is 18.2 Å². The molecule has 1 aromatic rings. The summed E-state index contributed by atoms with van der Waals surface area (Å²) < 4.78 is 9.26. The summed E-state index contributed by atoms with van der Waals surface area (Å²) in [4.78, 5) is 20.8. The maximum absolute atomic E-state index is 10.5. The van der Waals surface area contributed by atoms with E-state index in [1.807, 2.05) is 0 Å². The molecule has 0 spiro atoms.